The minimum atomic E-state index is -2.88. The van der Waals surface area contributed by atoms with Gasteiger partial charge in [0.2, 0.25) is 8.32 Å². The van der Waals surface area contributed by atoms with Crippen molar-refractivity contribution in [3.05, 3.63) is 77.4 Å². The van der Waals surface area contributed by atoms with Crippen molar-refractivity contribution in [3.8, 4) is 0 Å². The van der Waals surface area contributed by atoms with Crippen molar-refractivity contribution in [2.24, 2.45) is 16.7 Å². The van der Waals surface area contributed by atoms with Crippen molar-refractivity contribution in [1.29, 1.82) is 0 Å². The van der Waals surface area contributed by atoms with E-state index in [0.717, 1.165) is 5.19 Å². The maximum absolute atomic E-state index is 15.9. The third-order valence-corrected chi connectivity index (χ3v) is 14.9. The minimum Gasteiger partial charge on any atom is -0.455 e. The van der Waals surface area contributed by atoms with Crippen LogP contribution in [0.15, 0.2) is 71.8 Å². The molecule has 2 bridgehead atoms. The van der Waals surface area contributed by atoms with Gasteiger partial charge in [-0.05, 0) is 62.3 Å². The molecule has 1 heterocycles. The Kier molecular flexibility index (Phi) is 10.1. The van der Waals surface area contributed by atoms with E-state index < -0.39 is 90.7 Å². The molecule has 13 heteroatoms. The standard InChI is InChI=1S/C40H50O12Si/c1-9-47-36(45)49-31-30-23(2)27(42)21-40(46,37(30,4)5)34(50-35(44)25-16-12-10-13-17-25)32-38(6,33(31)43)28(20-29-39(32,22-48-29)51-24(3)41)52-53(7,8)26-18-14-11-15-19-26/h10-19,27-29,31-32,34,42,46H,9,20-22H2,1-8H3/t27-,28-,29+,31+,32?,34-,38+,39-,40+/m0/s1. The molecule has 2 aromatic carbocycles. The van der Waals surface area contributed by atoms with Crippen molar-refractivity contribution in [2.75, 3.05) is 13.2 Å². The number of aliphatic hydroxyl groups is 2. The lowest BCUT2D eigenvalue weighted by Crippen LogP contribution is -2.82. The lowest BCUT2D eigenvalue weighted by molar-refractivity contribution is -0.344. The maximum Gasteiger partial charge on any atom is 0.509 e. The molecule has 4 aliphatic rings. The molecule has 0 aromatic heterocycles. The molecule has 2 aromatic rings. The van der Waals surface area contributed by atoms with E-state index in [1.807, 2.05) is 43.4 Å². The highest BCUT2D eigenvalue weighted by atomic mass is 28.4. The Morgan fingerprint density at radius 3 is 2.17 bits per heavy atom. The summed E-state index contributed by atoms with van der Waals surface area (Å²) in [6.07, 6.45) is -7.80. The smallest absolute Gasteiger partial charge is 0.455 e. The summed E-state index contributed by atoms with van der Waals surface area (Å²) in [7, 11) is -2.88. The summed E-state index contributed by atoms with van der Waals surface area (Å²) in [6, 6.07) is 17.8. The zero-order valence-electron chi connectivity index (χ0n) is 31.5. The SMILES string of the molecule is CCOC(=O)O[C@H]1C(=O)[C@@]2(C)C([C@H](OC(=O)c3ccccc3)[C@]3(O)C[C@H](O)C(C)=C1C3(C)C)[C@]1(OC(C)=O)CO[C@@H]1C[C@@H]2O[Si](C)(C)c1ccccc1. The zero-order valence-corrected chi connectivity index (χ0v) is 32.5. The van der Waals surface area contributed by atoms with Gasteiger partial charge in [0, 0.05) is 25.2 Å². The summed E-state index contributed by atoms with van der Waals surface area (Å²) >= 11 is 0. The lowest BCUT2D eigenvalue weighted by atomic mass is 9.44. The Morgan fingerprint density at radius 2 is 1.60 bits per heavy atom. The molecule has 2 saturated carbocycles. The van der Waals surface area contributed by atoms with Gasteiger partial charge in [-0.25, -0.2) is 9.59 Å². The fraction of sp³-hybridized carbons (Fsp3) is 0.550. The van der Waals surface area contributed by atoms with E-state index in [1.54, 1.807) is 65.0 Å². The molecule has 12 nitrogen and oxygen atoms in total. The molecule has 6 rings (SSSR count). The molecule has 1 unspecified atom stereocenters. The van der Waals surface area contributed by atoms with Gasteiger partial charge in [-0.2, -0.15) is 0 Å². The molecule has 0 spiro atoms. The first-order valence-corrected chi connectivity index (χ1v) is 21.1. The van der Waals surface area contributed by atoms with Gasteiger partial charge < -0.3 is 38.3 Å². The van der Waals surface area contributed by atoms with Crippen molar-refractivity contribution < 1.29 is 57.5 Å². The predicted octanol–water partition coefficient (Wildman–Crippen LogP) is 4.40. The van der Waals surface area contributed by atoms with Crippen molar-refractivity contribution >= 4 is 37.4 Å². The number of rotatable bonds is 8. The lowest BCUT2D eigenvalue weighted by Gasteiger charge is -2.68. The number of Topliss-reactive ketones (excluding diaryl/α,β-unsaturated/α-hetero) is 1. The van der Waals surface area contributed by atoms with Gasteiger partial charge >= 0.3 is 18.1 Å². The van der Waals surface area contributed by atoms with Crippen molar-refractivity contribution in [3.63, 3.8) is 0 Å². The first-order chi connectivity index (χ1) is 24.8. The molecule has 0 radical (unpaired) electrons. The number of hydrogen-bond acceptors (Lipinski definition) is 12. The highest BCUT2D eigenvalue weighted by Crippen LogP contribution is 2.65. The second kappa shape index (κ2) is 13.8. The second-order valence-corrected chi connectivity index (χ2v) is 19.8. The number of hydrogen-bond donors (Lipinski definition) is 2. The number of benzene rings is 2. The average Bonchev–Trinajstić information content (AvgIpc) is 3.10. The van der Waals surface area contributed by atoms with Crippen LogP contribution in [0.25, 0.3) is 0 Å². The topological polar surface area (TPSA) is 164 Å². The number of fused-ring (bicyclic) bond motifs is 5. The molecule has 2 N–H and O–H groups in total. The van der Waals surface area contributed by atoms with Crippen LogP contribution in [0, 0.1) is 16.7 Å². The first-order valence-electron chi connectivity index (χ1n) is 18.1. The van der Waals surface area contributed by atoms with Crippen LogP contribution in [0.5, 0.6) is 0 Å². The number of carbonyl (C=O) groups excluding carboxylic acids is 4. The molecular formula is C40H50O12Si. The predicted molar refractivity (Wildman–Crippen MR) is 193 cm³/mol. The number of esters is 2. The Morgan fingerprint density at radius 1 is 0.981 bits per heavy atom. The fourth-order valence-corrected chi connectivity index (χ4v) is 11.6. The van der Waals surface area contributed by atoms with Crippen LogP contribution in [0.4, 0.5) is 4.79 Å². The molecule has 3 fully saturated rings. The summed E-state index contributed by atoms with van der Waals surface area (Å²) in [5, 5.41) is 26.0. The Hall–Kier alpha value is -3.88. The van der Waals surface area contributed by atoms with E-state index >= 15 is 4.79 Å². The highest BCUT2D eigenvalue weighted by Gasteiger charge is 2.78. The largest absolute Gasteiger partial charge is 0.509 e. The molecule has 286 valence electrons. The van der Waals surface area contributed by atoms with E-state index in [-0.39, 0.29) is 37.2 Å². The number of ketones is 1. The molecule has 1 saturated heterocycles. The zero-order chi connectivity index (χ0) is 38.7. The van der Waals surface area contributed by atoms with Crippen LogP contribution < -0.4 is 5.19 Å². The van der Waals surface area contributed by atoms with E-state index in [1.165, 1.54) is 6.92 Å². The van der Waals surface area contributed by atoms with Gasteiger partial charge in [-0.1, -0.05) is 62.4 Å². The highest BCUT2D eigenvalue weighted by molar-refractivity contribution is 6.84. The van der Waals surface area contributed by atoms with Crippen LogP contribution >= 0.6 is 0 Å². The van der Waals surface area contributed by atoms with Crippen LogP contribution in [0.1, 0.15) is 64.7 Å². The maximum atomic E-state index is 15.9. The van der Waals surface area contributed by atoms with Crippen LogP contribution in [-0.2, 0) is 37.7 Å². The van der Waals surface area contributed by atoms with Crippen molar-refractivity contribution in [1.82, 2.24) is 0 Å². The van der Waals surface area contributed by atoms with E-state index in [2.05, 4.69) is 0 Å². The molecule has 3 aliphatic carbocycles. The van der Waals surface area contributed by atoms with E-state index in [0.29, 0.717) is 5.57 Å². The summed E-state index contributed by atoms with van der Waals surface area (Å²) in [5.74, 6) is -3.45. The first kappa shape index (κ1) is 38.8. The Labute approximate surface area is 310 Å². The molecule has 9 atom stereocenters. The second-order valence-electron chi connectivity index (χ2n) is 15.9. The molecular weight excluding hydrogens is 701 g/mol. The Balaban J connectivity index is 1.66. The molecule has 0 amide bonds. The summed E-state index contributed by atoms with van der Waals surface area (Å²) in [4.78, 5) is 56.4. The van der Waals surface area contributed by atoms with Crippen LogP contribution in [-0.4, -0.2) is 97.3 Å². The number of aliphatic hydroxyl groups excluding tert-OH is 1. The van der Waals surface area contributed by atoms with Crippen LogP contribution in [0.2, 0.25) is 13.1 Å². The van der Waals surface area contributed by atoms with E-state index in [4.69, 9.17) is 28.1 Å². The third-order valence-electron chi connectivity index (χ3n) is 12.3. The summed E-state index contributed by atoms with van der Waals surface area (Å²) in [6.45, 7) is 13.2. The van der Waals surface area contributed by atoms with Gasteiger partial charge in [0.1, 0.15) is 17.8 Å². The van der Waals surface area contributed by atoms with Gasteiger partial charge in [-0.15, -0.1) is 0 Å². The minimum absolute atomic E-state index is 0.0394. The quantitative estimate of drug-likeness (QED) is 0.170. The summed E-state index contributed by atoms with van der Waals surface area (Å²) in [5.41, 5.74) is -6.36. The summed E-state index contributed by atoms with van der Waals surface area (Å²) < 4.78 is 37.1. The molecule has 53 heavy (non-hydrogen) atoms. The third kappa shape index (κ3) is 6.14. The van der Waals surface area contributed by atoms with Gasteiger partial charge in [0.25, 0.3) is 0 Å². The number of carbonyl (C=O) groups is 4. The Bertz CT molecular complexity index is 1790. The van der Waals surface area contributed by atoms with Crippen molar-refractivity contribution in [2.45, 2.75) is 109 Å². The van der Waals surface area contributed by atoms with Gasteiger partial charge in [0.15, 0.2) is 17.5 Å². The van der Waals surface area contributed by atoms with Gasteiger partial charge in [0.05, 0.1) is 42.3 Å². The normalized spacial score (nSPS) is 34.6. The molecule has 1 aliphatic heterocycles. The van der Waals surface area contributed by atoms with E-state index in [9.17, 15) is 24.6 Å². The average molecular weight is 751 g/mol. The monoisotopic (exact) mass is 750 g/mol. The number of ether oxygens (including phenoxy) is 5. The fourth-order valence-electron chi connectivity index (χ4n) is 9.40. The van der Waals surface area contributed by atoms with Crippen LogP contribution in [0.3, 0.4) is 0 Å². The van der Waals surface area contributed by atoms with Gasteiger partial charge in [-0.3, -0.25) is 9.59 Å².